The van der Waals surface area contributed by atoms with Crippen LogP contribution in [0.3, 0.4) is 0 Å². The lowest BCUT2D eigenvalue weighted by Gasteiger charge is -2.36. The molecule has 2 aromatic rings. The highest BCUT2D eigenvalue weighted by Crippen LogP contribution is 2.37. The number of para-hydroxylation sites is 1. The van der Waals surface area contributed by atoms with Crippen molar-refractivity contribution in [1.29, 1.82) is 0 Å². The van der Waals surface area contributed by atoms with Crippen LogP contribution in [0.4, 0.5) is 0 Å². The van der Waals surface area contributed by atoms with Gasteiger partial charge < -0.3 is 14.2 Å². The largest absolute Gasteiger partial charge is 0.493 e. The average molecular weight is 399 g/mol. The van der Waals surface area contributed by atoms with Crippen LogP contribution in [0, 0.1) is 0 Å². The molecule has 0 spiro atoms. The third-order valence-electron chi connectivity index (χ3n) is 5.65. The quantitative estimate of drug-likeness (QED) is 0.483. The number of hydrogen-bond donors (Lipinski definition) is 0. The lowest BCUT2D eigenvalue weighted by atomic mass is 9.96. The van der Waals surface area contributed by atoms with E-state index in [1.807, 2.05) is 30.6 Å². The van der Waals surface area contributed by atoms with E-state index in [2.05, 4.69) is 22.0 Å². The van der Waals surface area contributed by atoms with E-state index in [0.717, 1.165) is 17.9 Å². The van der Waals surface area contributed by atoms with Gasteiger partial charge in [0.25, 0.3) is 0 Å². The predicted octanol–water partition coefficient (Wildman–Crippen LogP) is 5.27. The van der Waals surface area contributed by atoms with Crippen LogP contribution in [0.5, 0.6) is 17.2 Å². The van der Waals surface area contributed by atoms with Gasteiger partial charge in [0, 0.05) is 18.4 Å². The number of nitrogens with zero attached hydrogens (tertiary/aromatic N) is 2. The second-order valence-electron chi connectivity index (χ2n) is 7.59. The molecule has 1 aromatic carbocycles. The number of pyridine rings is 1. The second-order valence-corrected chi connectivity index (χ2v) is 7.59. The summed E-state index contributed by atoms with van der Waals surface area (Å²) in [5.74, 6) is 2.14. The average Bonchev–Trinajstić information content (AvgIpc) is 2.79. The standard InChI is InChI=1S/C24H34N2O3/c1-27-22-13-9-14-23(28-2)24(22)29-18-8-4-3-6-16-26-17-7-5-12-21(26)20-11-10-15-25-19-20/h9-11,13-15,19,21H,3-8,12,16-18H2,1-2H3/t21-/m1/s1. The molecule has 0 saturated carbocycles. The maximum atomic E-state index is 5.95. The number of rotatable bonds is 11. The number of aromatic nitrogens is 1. The fraction of sp³-hybridized carbons (Fsp3) is 0.542. The van der Waals surface area contributed by atoms with Crippen molar-refractivity contribution in [3.63, 3.8) is 0 Å². The summed E-state index contributed by atoms with van der Waals surface area (Å²) >= 11 is 0. The second kappa shape index (κ2) is 11.7. The highest BCUT2D eigenvalue weighted by molar-refractivity contribution is 5.51. The number of hydrogen-bond acceptors (Lipinski definition) is 5. The minimum Gasteiger partial charge on any atom is -0.493 e. The van der Waals surface area contributed by atoms with Gasteiger partial charge in [-0.3, -0.25) is 9.88 Å². The zero-order chi connectivity index (χ0) is 20.3. The molecule has 1 aliphatic rings. The predicted molar refractivity (Wildman–Crippen MR) is 116 cm³/mol. The van der Waals surface area contributed by atoms with Crippen molar-refractivity contribution in [3.05, 3.63) is 48.3 Å². The van der Waals surface area contributed by atoms with Gasteiger partial charge >= 0.3 is 0 Å². The molecular weight excluding hydrogens is 364 g/mol. The minimum absolute atomic E-state index is 0.541. The highest BCUT2D eigenvalue weighted by atomic mass is 16.5. The van der Waals surface area contributed by atoms with E-state index in [-0.39, 0.29) is 0 Å². The first kappa shape index (κ1) is 21.4. The molecule has 1 saturated heterocycles. The van der Waals surface area contributed by atoms with Crippen LogP contribution in [0.2, 0.25) is 0 Å². The molecule has 3 rings (SSSR count). The SMILES string of the molecule is COc1cccc(OC)c1OCCCCCCN1CCCC[C@@H]1c1cccnc1. The van der Waals surface area contributed by atoms with Crippen molar-refractivity contribution in [2.24, 2.45) is 0 Å². The first-order valence-electron chi connectivity index (χ1n) is 10.8. The van der Waals surface area contributed by atoms with Gasteiger partial charge in [0.2, 0.25) is 5.75 Å². The summed E-state index contributed by atoms with van der Waals surface area (Å²) in [5.41, 5.74) is 1.37. The first-order valence-corrected chi connectivity index (χ1v) is 10.8. The van der Waals surface area contributed by atoms with Crippen LogP contribution in [0.15, 0.2) is 42.7 Å². The molecule has 1 atom stereocenters. The molecule has 1 fully saturated rings. The van der Waals surface area contributed by atoms with Crippen LogP contribution in [0.1, 0.15) is 56.6 Å². The molecular formula is C24H34N2O3. The molecule has 1 aromatic heterocycles. The van der Waals surface area contributed by atoms with Crippen LogP contribution in [-0.2, 0) is 0 Å². The molecule has 0 amide bonds. The van der Waals surface area contributed by atoms with Crippen molar-refractivity contribution in [2.75, 3.05) is 33.9 Å². The maximum absolute atomic E-state index is 5.95. The first-order chi connectivity index (χ1) is 14.3. The summed E-state index contributed by atoms with van der Waals surface area (Å²) in [6.45, 7) is 3.05. The van der Waals surface area contributed by atoms with Crippen molar-refractivity contribution in [3.8, 4) is 17.2 Å². The smallest absolute Gasteiger partial charge is 0.203 e. The van der Waals surface area contributed by atoms with Crippen LogP contribution >= 0.6 is 0 Å². The molecule has 2 heterocycles. The Balaban J connectivity index is 1.37. The van der Waals surface area contributed by atoms with E-state index in [9.17, 15) is 0 Å². The summed E-state index contributed by atoms with van der Waals surface area (Å²) in [6.07, 6.45) is 12.4. The van der Waals surface area contributed by atoms with Crippen LogP contribution in [-0.4, -0.2) is 43.8 Å². The Morgan fingerprint density at radius 2 is 1.76 bits per heavy atom. The number of benzene rings is 1. The van der Waals surface area contributed by atoms with E-state index >= 15 is 0 Å². The molecule has 5 heteroatoms. The zero-order valence-electron chi connectivity index (χ0n) is 17.8. The summed E-state index contributed by atoms with van der Waals surface area (Å²) < 4.78 is 16.7. The Hall–Kier alpha value is -2.27. The van der Waals surface area contributed by atoms with Crippen molar-refractivity contribution < 1.29 is 14.2 Å². The summed E-state index contributed by atoms with van der Waals surface area (Å²) in [4.78, 5) is 6.97. The molecule has 0 bridgehead atoms. The molecule has 5 nitrogen and oxygen atoms in total. The zero-order valence-corrected chi connectivity index (χ0v) is 17.8. The third kappa shape index (κ3) is 6.10. The van der Waals surface area contributed by atoms with Gasteiger partial charge in [-0.1, -0.05) is 31.4 Å². The lowest BCUT2D eigenvalue weighted by molar-refractivity contribution is 0.145. The Bertz CT molecular complexity index is 701. The molecule has 29 heavy (non-hydrogen) atoms. The molecule has 0 aliphatic carbocycles. The van der Waals surface area contributed by atoms with Gasteiger partial charge in [0.15, 0.2) is 11.5 Å². The third-order valence-corrected chi connectivity index (χ3v) is 5.65. The van der Waals surface area contributed by atoms with E-state index in [1.165, 1.54) is 57.2 Å². The molecule has 158 valence electrons. The molecule has 0 unspecified atom stereocenters. The Labute approximate surface area is 175 Å². The minimum atomic E-state index is 0.541. The Morgan fingerprint density at radius 1 is 0.966 bits per heavy atom. The number of methoxy groups -OCH3 is 2. The van der Waals surface area contributed by atoms with Gasteiger partial charge in [-0.2, -0.15) is 0 Å². The normalized spacial score (nSPS) is 17.1. The van der Waals surface area contributed by atoms with Gasteiger partial charge in [-0.15, -0.1) is 0 Å². The molecule has 0 radical (unpaired) electrons. The molecule has 1 aliphatic heterocycles. The van der Waals surface area contributed by atoms with Crippen molar-refractivity contribution in [1.82, 2.24) is 9.88 Å². The Kier molecular flexibility index (Phi) is 8.62. The molecule has 0 N–H and O–H groups in total. The highest BCUT2D eigenvalue weighted by Gasteiger charge is 2.23. The van der Waals surface area contributed by atoms with Crippen molar-refractivity contribution in [2.45, 2.75) is 51.0 Å². The summed E-state index contributed by atoms with van der Waals surface area (Å²) in [6, 6.07) is 10.5. The van der Waals surface area contributed by atoms with Gasteiger partial charge in [0.1, 0.15) is 0 Å². The van der Waals surface area contributed by atoms with E-state index in [1.54, 1.807) is 14.2 Å². The van der Waals surface area contributed by atoms with Gasteiger partial charge in [-0.05, 0) is 62.5 Å². The maximum Gasteiger partial charge on any atom is 0.203 e. The van der Waals surface area contributed by atoms with E-state index < -0.39 is 0 Å². The number of ether oxygens (including phenoxy) is 3. The van der Waals surface area contributed by atoms with E-state index in [0.29, 0.717) is 18.4 Å². The van der Waals surface area contributed by atoms with Gasteiger partial charge in [-0.25, -0.2) is 0 Å². The van der Waals surface area contributed by atoms with E-state index in [4.69, 9.17) is 14.2 Å². The Morgan fingerprint density at radius 3 is 2.48 bits per heavy atom. The van der Waals surface area contributed by atoms with Crippen molar-refractivity contribution >= 4 is 0 Å². The number of likely N-dealkylation sites (tertiary alicyclic amines) is 1. The van der Waals surface area contributed by atoms with Crippen LogP contribution < -0.4 is 14.2 Å². The summed E-state index contributed by atoms with van der Waals surface area (Å²) in [5, 5.41) is 0. The van der Waals surface area contributed by atoms with Crippen LogP contribution in [0.25, 0.3) is 0 Å². The topological polar surface area (TPSA) is 43.8 Å². The fourth-order valence-electron chi connectivity index (χ4n) is 4.11. The summed E-state index contributed by atoms with van der Waals surface area (Å²) in [7, 11) is 3.31. The van der Waals surface area contributed by atoms with Gasteiger partial charge in [0.05, 0.1) is 20.8 Å². The lowest BCUT2D eigenvalue weighted by Crippen LogP contribution is -2.34. The number of unbranched alkanes of at least 4 members (excludes halogenated alkanes) is 3. The fourth-order valence-corrected chi connectivity index (χ4v) is 4.11. The monoisotopic (exact) mass is 398 g/mol. The number of piperidine rings is 1.